The molecule has 66 heavy (non-hydrogen) atoms. The minimum absolute atomic E-state index is 0.102. The summed E-state index contributed by atoms with van der Waals surface area (Å²) in [5.74, 6) is -0.958. The van der Waals surface area contributed by atoms with Crippen molar-refractivity contribution in [3.8, 4) is 0 Å². The summed E-state index contributed by atoms with van der Waals surface area (Å²) in [7, 11) is 0. The molecule has 0 aliphatic rings. The summed E-state index contributed by atoms with van der Waals surface area (Å²) >= 11 is 0. The van der Waals surface area contributed by atoms with Crippen LogP contribution in [-0.2, 0) is 28.6 Å². The number of carbonyl (C=O) groups excluding carboxylic acids is 3. The fourth-order valence-corrected chi connectivity index (χ4v) is 7.05. The summed E-state index contributed by atoms with van der Waals surface area (Å²) in [4.78, 5) is 38.0. The predicted molar refractivity (Wildman–Crippen MR) is 283 cm³/mol. The molecule has 0 unspecified atom stereocenters. The van der Waals surface area contributed by atoms with Crippen LogP contribution < -0.4 is 0 Å². The van der Waals surface area contributed by atoms with Gasteiger partial charge in [-0.1, -0.05) is 220 Å². The van der Waals surface area contributed by atoms with Gasteiger partial charge >= 0.3 is 17.9 Å². The predicted octanol–water partition coefficient (Wildman–Crippen LogP) is 17.9. The summed E-state index contributed by atoms with van der Waals surface area (Å²) in [5.41, 5.74) is 0. The monoisotopic (exact) mass is 915 g/mol. The molecule has 6 heteroatoms. The van der Waals surface area contributed by atoms with E-state index in [1.807, 2.05) is 0 Å². The Morgan fingerprint density at radius 3 is 0.939 bits per heavy atom. The first-order chi connectivity index (χ1) is 32.5. The van der Waals surface area contributed by atoms with Crippen molar-refractivity contribution in [1.82, 2.24) is 0 Å². The Kier molecular flexibility index (Phi) is 50.5. The number of hydrogen-bond acceptors (Lipinski definition) is 6. The lowest BCUT2D eigenvalue weighted by Gasteiger charge is -2.18. The third-order valence-corrected chi connectivity index (χ3v) is 11.0. The van der Waals surface area contributed by atoms with Crippen LogP contribution in [0.15, 0.2) is 109 Å². The van der Waals surface area contributed by atoms with E-state index in [-0.39, 0.29) is 31.1 Å². The standard InChI is InChI=1S/C60H98O6/c1-4-7-10-13-16-19-22-25-27-29-30-32-34-36-39-41-44-47-50-53-59(62)65-56-57(66-60(63)54-51-48-45-42-37-24-21-18-15-12-9-6-3)55-64-58(61)52-49-46-43-40-38-35-33-31-28-26-23-20-17-14-11-8-5-2/h7-8,10-11,16-17,19-20,25-28,30,32-33,35-36,39,57H,4-6,9,12-15,18,21-24,29,31,34,37-38,40-56H2,1-3H3/b10-7-,11-8-,19-16-,20-17-,27-25-,28-26-,32-30-,35-33-,39-36-/t57-/m0/s1. The molecule has 0 saturated heterocycles. The van der Waals surface area contributed by atoms with Gasteiger partial charge in [0.05, 0.1) is 0 Å². The molecule has 0 radical (unpaired) electrons. The Hall–Kier alpha value is -3.93. The van der Waals surface area contributed by atoms with Crippen molar-refractivity contribution < 1.29 is 28.6 Å². The van der Waals surface area contributed by atoms with Gasteiger partial charge in [0, 0.05) is 19.3 Å². The number of allylic oxidation sites excluding steroid dienone is 18. The number of ether oxygens (including phenoxy) is 3. The molecule has 0 amide bonds. The minimum atomic E-state index is -0.802. The highest BCUT2D eigenvalue weighted by atomic mass is 16.6. The van der Waals surface area contributed by atoms with Crippen LogP contribution in [0.1, 0.15) is 233 Å². The Morgan fingerprint density at radius 1 is 0.318 bits per heavy atom. The molecule has 0 saturated carbocycles. The highest BCUT2D eigenvalue weighted by Gasteiger charge is 2.19. The summed E-state index contributed by atoms with van der Waals surface area (Å²) in [6, 6.07) is 0. The lowest BCUT2D eigenvalue weighted by Crippen LogP contribution is -2.30. The molecule has 0 aromatic carbocycles. The molecular formula is C60H98O6. The van der Waals surface area contributed by atoms with E-state index >= 15 is 0 Å². The topological polar surface area (TPSA) is 78.9 Å². The first-order valence-corrected chi connectivity index (χ1v) is 26.9. The number of rotatable bonds is 47. The zero-order valence-corrected chi connectivity index (χ0v) is 42.7. The molecule has 0 aliphatic carbocycles. The number of esters is 3. The first-order valence-electron chi connectivity index (χ1n) is 26.9. The Labute approximate surface area is 406 Å². The van der Waals surface area contributed by atoms with Gasteiger partial charge in [0.15, 0.2) is 6.10 Å². The molecule has 0 fully saturated rings. The smallest absolute Gasteiger partial charge is 0.306 e. The molecule has 0 spiro atoms. The Morgan fingerprint density at radius 2 is 0.591 bits per heavy atom. The number of unbranched alkanes of at least 4 members (excludes halogenated alkanes) is 18. The maximum atomic E-state index is 12.8. The second-order valence-corrected chi connectivity index (χ2v) is 17.4. The van der Waals surface area contributed by atoms with E-state index in [1.165, 1.54) is 57.8 Å². The molecular weight excluding hydrogens is 817 g/mol. The van der Waals surface area contributed by atoms with Gasteiger partial charge in [-0.25, -0.2) is 0 Å². The first kappa shape index (κ1) is 62.1. The van der Waals surface area contributed by atoms with E-state index in [4.69, 9.17) is 14.2 Å². The van der Waals surface area contributed by atoms with Gasteiger partial charge in [-0.2, -0.15) is 0 Å². The zero-order chi connectivity index (χ0) is 47.9. The molecule has 374 valence electrons. The Balaban J connectivity index is 4.47. The molecule has 6 nitrogen and oxygen atoms in total. The molecule has 0 aromatic rings. The minimum Gasteiger partial charge on any atom is -0.462 e. The average molecular weight is 915 g/mol. The van der Waals surface area contributed by atoms with Crippen LogP contribution >= 0.6 is 0 Å². The van der Waals surface area contributed by atoms with Crippen molar-refractivity contribution in [1.29, 1.82) is 0 Å². The maximum absolute atomic E-state index is 12.8. The fraction of sp³-hybridized carbons (Fsp3) is 0.650. The van der Waals surface area contributed by atoms with Crippen molar-refractivity contribution in [3.05, 3.63) is 109 Å². The van der Waals surface area contributed by atoms with Crippen molar-refractivity contribution in [2.75, 3.05) is 13.2 Å². The van der Waals surface area contributed by atoms with Gasteiger partial charge in [-0.05, 0) is 103 Å². The van der Waals surface area contributed by atoms with Crippen LogP contribution in [0.5, 0.6) is 0 Å². The van der Waals surface area contributed by atoms with Crippen molar-refractivity contribution in [2.24, 2.45) is 0 Å². The lowest BCUT2D eigenvalue weighted by atomic mass is 10.0. The van der Waals surface area contributed by atoms with Gasteiger partial charge in [-0.15, -0.1) is 0 Å². The van der Waals surface area contributed by atoms with Crippen LogP contribution in [0.25, 0.3) is 0 Å². The summed E-state index contributed by atoms with van der Waals surface area (Å²) in [5, 5.41) is 0. The van der Waals surface area contributed by atoms with Gasteiger partial charge in [0.25, 0.3) is 0 Å². The van der Waals surface area contributed by atoms with Crippen LogP contribution in [0.3, 0.4) is 0 Å². The van der Waals surface area contributed by atoms with Crippen molar-refractivity contribution >= 4 is 17.9 Å². The largest absolute Gasteiger partial charge is 0.462 e. The molecule has 0 bridgehead atoms. The normalized spacial score (nSPS) is 13.0. The molecule has 0 heterocycles. The molecule has 1 atom stereocenters. The third kappa shape index (κ3) is 51.1. The van der Waals surface area contributed by atoms with E-state index < -0.39 is 6.10 Å². The van der Waals surface area contributed by atoms with Gasteiger partial charge < -0.3 is 14.2 Å². The number of carbonyl (C=O) groups is 3. The molecule has 0 rings (SSSR count). The molecule has 0 N–H and O–H groups in total. The maximum Gasteiger partial charge on any atom is 0.306 e. The summed E-state index contributed by atoms with van der Waals surface area (Å²) < 4.78 is 16.8. The van der Waals surface area contributed by atoms with E-state index in [1.54, 1.807) is 0 Å². The SMILES string of the molecule is CC/C=C\C/C=C\C/C=C\C/C=C\C/C=C\CCCCCC(=O)OC[C@H](COC(=O)CCCCCC/C=C\C/C=C\C/C=C\C/C=C\CC)OC(=O)CCCCCCCCCCCCCC. The van der Waals surface area contributed by atoms with Crippen LogP contribution in [0, 0.1) is 0 Å². The highest BCUT2D eigenvalue weighted by Crippen LogP contribution is 2.14. The molecule has 0 aliphatic heterocycles. The lowest BCUT2D eigenvalue weighted by molar-refractivity contribution is -0.167. The Bertz CT molecular complexity index is 1370. The van der Waals surface area contributed by atoms with E-state index in [9.17, 15) is 14.4 Å². The quantitative estimate of drug-likeness (QED) is 0.0262. The van der Waals surface area contributed by atoms with Gasteiger partial charge in [0.2, 0.25) is 0 Å². The van der Waals surface area contributed by atoms with Gasteiger partial charge in [-0.3, -0.25) is 14.4 Å². The second-order valence-electron chi connectivity index (χ2n) is 17.4. The van der Waals surface area contributed by atoms with Crippen LogP contribution in [0.4, 0.5) is 0 Å². The zero-order valence-electron chi connectivity index (χ0n) is 42.7. The fourth-order valence-electron chi connectivity index (χ4n) is 7.05. The van der Waals surface area contributed by atoms with E-state index in [0.29, 0.717) is 19.3 Å². The summed E-state index contributed by atoms with van der Waals surface area (Å²) in [6.07, 6.45) is 72.1. The van der Waals surface area contributed by atoms with Crippen LogP contribution in [-0.4, -0.2) is 37.2 Å². The van der Waals surface area contributed by atoms with Crippen molar-refractivity contribution in [3.63, 3.8) is 0 Å². The van der Waals surface area contributed by atoms with Crippen molar-refractivity contribution in [2.45, 2.75) is 239 Å². The summed E-state index contributed by atoms with van der Waals surface area (Å²) in [6.45, 7) is 6.35. The average Bonchev–Trinajstić information content (AvgIpc) is 3.31. The van der Waals surface area contributed by atoms with E-state index in [2.05, 4.69) is 130 Å². The molecule has 0 aromatic heterocycles. The second kappa shape index (κ2) is 53.7. The van der Waals surface area contributed by atoms with E-state index in [0.717, 1.165) is 135 Å². The van der Waals surface area contributed by atoms with Crippen LogP contribution in [0.2, 0.25) is 0 Å². The van der Waals surface area contributed by atoms with Gasteiger partial charge in [0.1, 0.15) is 13.2 Å². The third-order valence-electron chi connectivity index (χ3n) is 11.0. The highest BCUT2D eigenvalue weighted by molar-refractivity contribution is 5.71. The number of hydrogen-bond donors (Lipinski definition) is 0.